The van der Waals surface area contributed by atoms with E-state index in [1.54, 1.807) is 30.7 Å². The fourth-order valence-electron chi connectivity index (χ4n) is 2.77. The number of H-pyrrole nitrogens is 1. The fraction of sp³-hybridized carbons (Fsp3) is 0.200. The second-order valence-electron chi connectivity index (χ2n) is 6.20. The predicted octanol–water partition coefficient (Wildman–Crippen LogP) is 3.47. The molecule has 0 aromatic carbocycles. The van der Waals surface area contributed by atoms with Crippen molar-refractivity contribution < 1.29 is 30.0 Å². The smallest absolute Gasteiger partial charge is 0.354 e. The van der Waals surface area contributed by atoms with Crippen LogP contribution in [-0.2, 0) is 27.2 Å². The number of carboxylic acids is 1. The summed E-state index contributed by atoms with van der Waals surface area (Å²) in [6, 6.07) is 6.44. The molecular formula is C20H20IrN5O2-. The van der Waals surface area contributed by atoms with Gasteiger partial charge >= 0.3 is 5.97 Å². The van der Waals surface area contributed by atoms with Gasteiger partial charge in [-0.05, 0) is 32.4 Å². The van der Waals surface area contributed by atoms with E-state index in [9.17, 15) is 4.79 Å². The number of aromatic amines is 1. The van der Waals surface area contributed by atoms with Gasteiger partial charge in [0.05, 0.1) is 17.5 Å². The Morgan fingerprint density at radius 2 is 2.00 bits per heavy atom. The molecule has 0 spiro atoms. The number of aromatic nitrogens is 5. The number of nitrogens with zero attached hydrogens (tertiary/aromatic N) is 4. The summed E-state index contributed by atoms with van der Waals surface area (Å²) in [5.41, 5.74) is 5.17. The largest absolute Gasteiger partial charge is 0.477 e. The summed E-state index contributed by atoms with van der Waals surface area (Å²) >= 11 is 0. The van der Waals surface area contributed by atoms with E-state index in [0.717, 1.165) is 39.2 Å². The Morgan fingerprint density at radius 3 is 2.57 bits per heavy atom. The summed E-state index contributed by atoms with van der Waals surface area (Å²) in [4.78, 5) is 26.0. The maximum absolute atomic E-state index is 10.8. The van der Waals surface area contributed by atoms with Gasteiger partial charge < -0.3 is 19.6 Å². The summed E-state index contributed by atoms with van der Waals surface area (Å²) in [5, 5.41) is 9.80. The molecule has 0 saturated heterocycles. The Labute approximate surface area is 176 Å². The van der Waals surface area contributed by atoms with Gasteiger partial charge in [0.15, 0.2) is 0 Å². The van der Waals surface area contributed by atoms with E-state index in [1.807, 2.05) is 38.6 Å². The number of carbonyl (C=O) groups is 1. The minimum absolute atomic E-state index is 0. The van der Waals surface area contributed by atoms with Crippen molar-refractivity contribution in [3.8, 4) is 11.4 Å². The maximum Gasteiger partial charge on any atom is 0.354 e. The van der Waals surface area contributed by atoms with Crippen LogP contribution in [0.3, 0.4) is 0 Å². The van der Waals surface area contributed by atoms with Crippen LogP contribution in [0.4, 0.5) is 0 Å². The fourth-order valence-corrected chi connectivity index (χ4v) is 2.77. The molecule has 4 aromatic heterocycles. The van der Waals surface area contributed by atoms with Gasteiger partial charge in [-0.15, -0.1) is 12.1 Å². The molecule has 2 N–H and O–H groups in total. The first kappa shape index (κ1) is 21.5. The van der Waals surface area contributed by atoms with Crippen molar-refractivity contribution in [1.82, 2.24) is 24.5 Å². The van der Waals surface area contributed by atoms with Crippen LogP contribution in [0.2, 0.25) is 0 Å². The quantitative estimate of drug-likeness (QED) is 0.370. The second-order valence-corrected chi connectivity index (χ2v) is 6.20. The predicted molar refractivity (Wildman–Crippen MR) is 103 cm³/mol. The van der Waals surface area contributed by atoms with E-state index in [0.29, 0.717) is 0 Å². The van der Waals surface area contributed by atoms with Gasteiger partial charge in [-0.1, -0.05) is 18.0 Å². The molecule has 0 amide bonds. The SMILES string of the molecule is Cc1c(C)n(C)c2cnc(C(=O)O)cc12.Cc1c[nH]c(-c2[c-]ccnc2)n1.[Ir]. The molecule has 28 heavy (non-hydrogen) atoms. The van der Waals surface area contributed by atoms with E-state index in [2.05, 4.69) is 26.0 Å². The molecule has 1 radical (unpaired) electrons. The van der Waals surface area contributed by atoms with Gasteiger partial charge in [0.1, 0.15) is 5.69 Å². The van der Waals surface area contributed by atoms with Crippen LogP contribution in [0.5, 0.6) is 0 Å². The summed E-state index contributed by atoms with van der Waals surface area (Å²) in [5.74, 6) is -0.168. The number of hydrogen-bond donors (Lipinski definition) is 2. The van der Waals surface area contributed by atoms with Crippen molar-refractivity contribution in [3.63, 3.8) is 0 Å². The van der Waals surface area contributed by atoms with Gasteiger partial charge in [-0.2, -0.15) is 0 Å². The van der Waals surface area contributed by atoms with Gasteiger partial charge in [0, 0.05) is 50.1 Å². The number of aryl methyl sites for hydroxylation is 3. The van der Waals surface area contributed by atoms with Crippen LogP contribution >= 0.6 is 0 Å². The zero-order valence-electron chi connectivity index (χ0n) is 15.9. The summed E-state index contributed by atoms with van der Waals surface area (Å²) in [6.45, 7) is 5.94. The van der Waals surface area contributed by atoms with Gasteiger partial charge in [0.25, 0.3) is 0 Å². The Kier molecular flexibility index (Phi) is 6.83. The normalized spacial score (nSPS) is 10.1. The monoisotopic (exact) mass is 555 g/mol. The third-order valence-corrected chi connectivity index (χ3v) is 4.48. The molecule has 8 heteroatoms. The number of hydrogen-bond acceptors (Lipinski definition) is 4. The molecule has 4 rings (SSSR count). The van der Waals surface area contributed by atoms with Crippen molar-refractivity contribution >= 4 is 16.9 Å². The molecule has 0 atom stereocenters. The van der Waals surface area contributed by atoms with Crippen LogP contribution in [0.1, 0.15) is 27.4 Å². The molecule has 0 aliphatic carbocycles. The average molecular weight is 555 g/mol. The van der Waals surface area contributed by atoms with Crippen LogP contribution in [0.25, 0.3) is 22.3 Å². The molecule has 7 nitrogen and oxygen atoms in total. The van der Waals surface area contributed by atoms with Gasteiger partial charge in [-0.25, -0.2) is 9.78 Å². The van der Waals surface area contributed by atoms with E-state index in [4.69, 9.17) is 5.11 Å². The number of imidazole rings is 1. The van der Waals surface area contributed by atoms with Gasteiger partial charge in [-0.3, -0.25) is 4.98 Å². The molecule has 0 aliphatic rings. The number of aromatic carboxylic acids is 1. The first-order valence-corrected chi connectivity index (χ1v) is 8.37. The number of carboxylic acid groups (broad SMARTS) is 1. The molecular weight excluding hydrogens is 534 g/mol. The first-order valence-electron chi connectivity index (χ1n) is 8.37. The molecule has 0 saturated carbocycles. The van der Waals surface area contributed by atoms with Crippen LogP contribution < -0.4 is 0 Å². The van der Waals surface area contributed by atoms with Gasteiger partial charge in [0.2, 0.25) is 0 Å². The molecule has 4 heterocycles. The average Bonchev–Trinajstić information content (AvgIpc) is 3.21. The minimum atomic E-state index is -0.988. The topological polar surface area (TPSA) is 96.7 Å². The number of nitrogens with one attached hydrogen (secondary N) is 1. The van der Waals surface area contributed by atoms with Crippen molar-refractivity contribution in [2.24, 2.45) is 7.05 Å². The zero-order valence-corrected chi connectivity index (χ0v) is 18.3. The van der Waals surface area contributed by atoms with E-state index >= 15 is 0 Å². The molecule has 0 unspecified atom stereocenters. The third-order valence-electron chi connectivity index (χ3n) is 4.48. The Balaban J connectivity index is 0.000000198. The molecule has 0 bridgehead atoms. The Bertz CT molecular complexity index is 1100. The number of rotatable bonds is 2. The Morgan fingerprint density at radius 1 is 1.25 bits per heavy atom. The third kappa shape index (κ3) is 4.35. The molecule has 0 aliphatic heterocycles. The zero-order chi connectivity index (χ0) is 19.6. The van der Waals surface area contributed by atoms with E-state index in [-0.39, 0.29) is 25.8 Å². The minimum Gasteiger partial charge on any atom is -0.477 e. The van der Waals surface area contributed by atoms with Crippen molar-refractivity contribution in [2.75, 3.05) is 0 Å². The molecule has 147 valence electrons. The maximum atomic E-state index is 10.8. The van der Waals surface area contributed by atoms with Crippen LogP contribution in [-0.4, -0.2) is 35.6 Å². The van der Waals surface area contributed by atoms with Crippen LogP contribution in [0.15, 0.2) is 36.9 Å². The summed E-state index contributed by atoms with van der Waals surface area (Å²) in [7, 11) is 1.95. The number of fused-ring (bicyclic) bond motifs is 1. The second kappa shape index (κ2) is 8.91. The molecule has 0 fully saturated rings. The first-order chi connectivity index (χ1) is 12.9. The summed E-state index contributed by atoms with van der Waals surface area (Å²) in [6.07, 6.45) is 6.90. The Hall–Kier alpha value is -2.83. The van der Waals surface area contributed by atoms with Crippen LogP contribution in [0, 0.1) is 26.8 Å². The van der Waals surface area contributed by atoms with Crippen molar-refractivity contribution in [1.29, 1.82) is 0 Å². The number of pyridine rings is 2. The van der Waals surface area contributed by atoms with E-state index in [1.165, 1.54) is 0 Å². The van der Waals surface area contributed by atoms with Crippen molar-refractivity contribution in [2.45, 2.75) is 20.8 Å². The summed E-state index contributed by atoms with van der Waals surface area (Å²) < 4.78 is 2.02. The van der Waals surface area contributed by atoms with E-state index < -0.39 is 5.97 Å². The molecule has 4 aromatic rings. The standard InChI is InChI=1S/C11H12N2O2.C9H8N3.Ir/c1-6-7(2)13(3)10-5-12-9(11(14)15)4-8(6)10;1-7-5-11-9(12-7)8-3-2-4-10-6-8;/h4-5H,1-3H3,(H,14,15);2,4-6H,1H3,(H,11,12);/q;-1;. The van der Waals surface area contributed by atoms with Crippen molar-refractivity contribution in [3.05, 3.63) is 65.6 Å².